The predicted molar refractivity (Wildman–Crippen MR) is 263 cm³/mol. The van der Waals surface area contributed by atoms with E-state index in [1.165, 1.54) is 18.7 Å². The number of ketones is 1. The number of pyridine rings is 1. The number of benzene rings is 2. The summed E-state index contributed by atoms with van der Waals surface area (Å²) < 4.78 is 18.9. The maximum absolute atomic E-state index is 14.8. The maximum Gasteiger partial charge on any atom is 0.410 e. The highest BCUT2D eigenvalue weighted by Crippen LogP contribution is 2.50. The van der Waals surface area contributed by atoms with Crippen molar-refractivity contribution in [2.75, 3.05) is 38.0 Å². The average Bonchev–Trinajstić information content (AvgIpc) is 3.83. The molecule has 7 atom stereocenters. The number of likely N-dealkylation sites (tertiary alicyclic amines) is 2. The molecule has 6 aliphatic heterocycles. The Hall–Kier alpha value is -5.80. The van der Waals surface area contributed by atoms with Crippen LogP contribution in [0.25, 0.3) is 10.8 Å². The highest BCUT2D eigenvalue weighted by molar-refractivity contribution is 6.19. The first-order chi connectivity index (χ1) is 32.8. The van der Waals surface area contributed by atoms with Crippen LogP contribution in [-0.2, 0) is 14.3 Å². The standard InChI is InChI=1S/C54H70N6O9/c1-30(2)29-59-25-19-54(20-26-59)57-42-39-40-46(62)36(8)49-41(39)50(64)53(9,69-49)67-27-11-14-32(4)48(68-52(66)60-23-17-38(18-24-60)37-15-21-55-22-16-37)35(7)45(61)34(6)28-31(3)12-10-13-33(5)51(65)56-44(47(40)63)43(42)58-54/h10-13,15-16,21-22,27,30-32,34-35,38,45,48,61-63H,14,17-20,23-26,28-29H2,1-9H3,(H,56,65)/b12-10+,27-11+,33-13-/t31?,32-,34-,35-,45?,48?,53+/m1/s1. The van der Waals surface area contributed by atoms with E-state index in [-0.39, 0.29) is 67.6 Å². The van der Waals surface area contributed by atoms with Gasteiger partial charge in [-0.15, -0.1) is 0 Å². The van der Waals surface area contributed by atoms with Crippen molar-refractivity contribution in [3.8, 4) is 17.2 Å². The molecule has 1 aromatic heterocycles. The molecule has 4 N–H and O–H groups in total. The Labute approximate surface area is 405 Å². The number of ether oxygens (including phenoxy) is 3. The number of phenolic OH excluding ortho intramolecular Hbond substituents is 2. The molecule has 0 aliphatic carbocycles. The molecule has 0 saturated carbocycles. The second-order valence-electron chi connectivity index (χ2n) is 20.9. The number of phenols is 2. The summed E-state index contributed by atoms with van der Waals surface area (Å²) in [5.41, 5.74) is 0.899. The quantitative estimate of drug-likeness (QED) is 0.185. The smallest absolute Gasteiger partial charge is 0.410 e. The lowest BCUT2D eigenvalue weighted by molar-refractivity contribution is -0.112. The van der Waals surface area contributed by atoms with E-state index in [2.05, 4.69) is 29.0 Å². The number of aromatic nitrogens is 1. The van der Waals surface area contributed by atoms with Gasteiger partial charge in [0.15, 0.2) is 11.4 Å². The summed E-state index contributed by atoms with van der Waals surface area (Å²) in [4.78, 5) is 61.5. The zero-order chi connectivity index (χ0) is 49.5. The van der Waals surface area contributed by atoms with E-state index in [9.17, 15) is 29.7 Å². The maximum atomic E-state index is 14.8. The number of anilines is 1. The number of nitrogens with one attached hydrogen (secondary N) is 1. The summed E-state index contributed by atoms with van der Waals surface area (Å²) >= 11 is 0. The van der Waals surface area contributed by atoms with Gasteiger partial charge in [0, 0.05) is 87.3 Å². The lowest BCUT2D eigenvalue weighted by Crippen LogP contribution is -2.45. The van der Waals surface area contributed by atoms with Crippen molar-refractivity contribution in [2.45, 2.75) is 130 Å². The number of aliphatic hydroxyl groups excluding tert-OH is 1. The van der Waals surface area contributed by atoms with E-state index in [0.717, 1.165) is 32.5 Å². The van der Waals surface area contributed by atoms with Gasteiger partial charge >= 0.3 is 11.9 Å². The Morgan fingerprint density at radius 3 is 2.32 bits per heavy atom. The molecule has 2 amide bonds. The Bertz CT molecular complexity index is 2680. The van der Waals surface area contributed by atoms with Crippen LogP contribution >= 0.6 is 0 Å². The third kappa shape index (κ3) is 9.86. The van der Waals surface area contributed by atoms with Crippen molar-refractivity contribution in [1.82, 2.24) is 14.8 Å². The molecular formula is C54H70N6O9. The van der Waals surface area contributed by atoms with E-state index < -0.39 is 53.1 Å². The van der Waals surface area contributed by atoms with Crippen molar-refractivity contribution < 1.29 is 43.9 Å². The van der Waals surface area contributed by atoms with Gasteiger partial charge in [-0.05, 0) is 92.9 Å². The molecule has 3 aromatic rings. The fourth-order valence-electron chi connectivity index (χ4n) is 11.0. The lowest BCUT2D eigenvalue weighted by atomic mass is 9.80. The number of allylic oxidation sites excluding steroid dienone is 4. The molecule has 370 valence electrons. The Balaban J connectivity index is 1.15. The number of aliphatic hydroxyl groups is 1. The number of carbonyl (C=O) groups is 3. The molecule has 2 fully saturated rings. The van der Waals surface area contributed by atoms with Gasteiger partial charge in [0.25, 0.3) is 11.7 Å². The van der Waals surface area contributed by atoms with Crippen molar-refractivity contribution in [3.05, 3.63) is 88.1 Å². The third-order valence-electron chi connectivity index (χ3n) is 15.1. The topological polar surface area (TPSA) is 196 Å². The molecule has 2 saturated heterocycles. The number of hydrogen-bond donors (Lipinski definition) is 4. The summed E-state index contributed by atoms with van der Waals surface area (Å²) in [5, 5.41) is 39.5. The zero-order valence-corrected chi connectivity index (χ0v) is 41.6. The zero-order valence-electron chi connectivity index (χ0n) is 41.6. The van der Waals surface area contributed by atoms with Gasteiger partial charge in [0.1, 0.15) is 28.6 Å². The van der Waals surface area contributed by atoms with Crippen LogP contribution < -0.4 is 20.8 Å². The van der Waals surface area contributed by atoms with Crippen molar-refractivity contribution in [2.24, 2.45) is 39.6 Å². The van der Waals surface area contributed by atoms with Crippen LogP contribution in [0, 0.1) is 36.5 Å². The van der Waals surface area contributed by atoms with Crippen LogP contribution in [-0.4, -0.2) is 104 Å². The highest BCUT2D eigenvalue weighted by atomic mass is 16.7. The number of rotatable bonds is 4. The number of carbonyl (C=O) groups excluding carboxylic acids is 3. The largest absolute Gasteiger partial charge is 0.507 e. The fraction of sp³-hybridized carbons (Fsp3) is 0.556. The van der Waals surface area contributed by atoms with Crippen LogP contribution in [0.3, 0.4) is 0 Å². The van der Waals surface area contributed by atoms with E-state index in [1.54, 1.807) is 43.3 Å². The molecule has 1 spiro atoms. The van der Waals surface area contributed by atoms with E-state index >= 15 is 0 Å². The second-order valence-corrected chi connectivity index (χ2v) is 20.9. The van der Waals surface area contributed by atoms with Gasteiger partial charge in [-0.1, -0.05) is 59.8 Å². The normalized spacial score (nSPS) is 29.7. The minimum atomic E-state index is -1.88. The van der Waals surface area contributed by atoms with Crippen LogP contribution in [0.1, 0.15) is 121 Å². The average molecular weight is 947 g/mol. The molecule has 0 radical (unpaired) electrons. The van der Waals surface area contributed by atoms with E-state index in [0.29, 0.717) is 56.2 Å². The lowest BCUT2D eigenvalue weighted by Gasteiger charge is -2.37. The number of fused-ring (bicyclic) bond motifs is 13. The monoisotopic (exact) mass is 947 g/mol. The molecule has 7 heterocycles. The van der Waals surface area contributed by atoms with Gasteiger partial charge in [-0.25, -0.2) is 4.79 Å². The van der Waals surface area contributed by atoms with E-state index in [4.69, 9.17) is 24.2 Å². The minimum absolute atomic E-state index is 0.00382. The fourth-order valence-corrected chi connectivity index (χ4v) is 11.0. The molecule has 6 aliphatic rings. The summed E-state index contributed by atoms with van der Waals surface area (Å²) in [6.45, 7) is 20.5. The predicted octanol–water partition coefficient (Wildman–Crippen LogP) is 8.00. The van der Waals surface area contributed by atoms with Crippen molar-refractivity contribution in [1.29, 1.82) is 0 Å². The number of Topliss-reactive ketones (excluding diaryl/α,β-unsaturated/α-hetero) is 1. The number of hydrogen-bond acceptors (Lipinski definition) is 13. The molecule has 15 nitrogen and oxygen atoms in total. The van der Waals surface area contributed by atoms with Gasteiger partial charge in [0.2, 0.25) is 0 Å². The Morgan fingerprint density at radius 2 is 1.64 bits per heavy atom. The van der Waals surface area contributed by atoms with Gasteiger partial charge in [-0.3, -0.25) is 24.6 Å². The SMILES string of the molecule is C/C1=C/C=C/C(C)C[C@@H](C)C(O)[C@@H](C)C(OC(=O)N2CCC(c3ccncc3)CC2)[C@H](C)C/C=C/O[C@@]2(C)Oc3c(C)c(O)c4c(O)c(c5c(c4c3C2=O)=NC2(CCN(CC(C)C)CC2)N=5)NC1=O. The van der Waals surface area contributed by atoms with Gasteiger partial charge in [-0.2, -0.15) is 0 Å². The van der Waals surface area contributed by atoms with Crippen LogP contribution in [0.2, 0.25) is 0 Å². The first kappa shape index (κ1) is 49.6. The van der Waals surface area contributed by atoms with Gasteiger partial charge in [0.05, 0.1) is 28.7 Å². The number of aromatic hydroxyl groups is 2. The molecule has 15 heteroatoms. The minimum Gasteiger partial charge on any atom is -0.507 e. The first-order valence-corrected chi connectivity index (χ1v) is 24.8. The number of amides is 2. The van der Waals surface area contributed by atoms with Gasteiger partial charge < -0.3 is 44.6 Å². The highest BCUT2D eigenvalue weighted by Gasteiger charge is 2.50. The Kier molecular flexibility index (Phi) is 14.3. The molecular weight excluding hydrogens is 877 g/mol. The first-order valence-electron chi connectivity index (χ1n) is 24.8. The van der Waals surface area contributed by atoms with Crippen LogP contribution in [0.15, 0.2) is 70.7 Å². The third-order valence-corrected chi connectivity index (χ3v) is 15.1. The molecule has 9 rings (SSSR count). The number of piperidine rings is 2. The Morgan fingerprint density at radius 1 is 0.957 bits per heavy atom. The summed E-state index contributed by atoms with van der Waals surface area (Å²) in [6, 6.07) is 4.05. The van der Waals surface area contributed by atoms with E-state index in [1.807, 2.05) is 52.0 Å². The summed E-state index contributed by atoms with van der Waals surface area (Å²) in [5.74, 6) is -3.74. The van der Waals surface area contributed by atoms with Crippen LogP contribution in [0.5, 0.6) is 17.2 Å². The molecule has 5 bridgehead atoms. The van der Waals surface area contributed by atoms with Crippen molar-refractivity contribution in [3.63, 3.8) is 0 Å². The summed E-state index contributed by atoms with van der Waals surface area (Å²) in [6.07, 6.45) is 14.0. The molecule has 3 unspecified atom stereocenters. The second kappa shape index (κ2) is 19.9. The molecule has 2 aromatic carbocycles. The summed E-state index contributed by atoms with van der Waals surface area (Å²) in [7, 11) is 0. The van der Waals surface area contributed by atoms with Crippen molar-refractivity contribution >= 4 is 34.2 Å². The molecule has 69 heavy (non-hydrogen) atoms. The van der Waals surface area contributed by atoms with Crippen LogP contribution in [0.4, 0.5) is 10.5 Å². The number of nitrogens with zero attached hydrogens (tertiary/aromatic N) is 5.